The number of amides is 1. The van der Waals surface area contributed by atoms with Gasteiger partial charge in [-0.05, 0) is 32.5 Å². The Balaban J connectivity index is 0.00000169. The number of anilines is 1. The van der Waals surface area contributed by atoms with Crippen molar-refractivity contribution in [2.24, 2.45) is 0 Å². The molecule has 3 rings (SSSR count). The van der Waals surface area contributed by atoms with Crippen molar-refractivity contribution in [1.82, 2.24) is 15.2 Å². The summed E-state index contributed by atoms with van der Waals surface area (Å²) in [7, 11) is -3.51. The van der Waals surface area contributed by atoms with Crippen molar-refractivity contribution in [2.75, 3.05) is 37.8 Å². The highest BCUT2D eigenvalue weighted by molar-refractivity contribution is 7.92. The van der Waals surface area contributed by atoms with Crippen LogP contribution in [0.3, 0.4) is 0 Å². The van der Waals surface area contributed by atoms with Crippen molar-refractivity contribution in [2.45, 2.75) is 37.5 Å². The summed E-state index contributed by atoms with van der Waals surface area (Å²) in [6, 6.07) is 0. The first-order valence-corrected chi connectivity index (χ1v) is 11.0. The van der Waals surface area contributed by atoms with Crippen LogP contribution in [0, 0.1) is 0 Å². The van der Waals surface area contributed by atoms with Crippen LogP contribution in [0.2, 0.25) is 0 Å². The first kappa shape index (κ1) is 23.6. The predicted molar refractivity (Wildman–Crippen MR) is 110 cm³/mol. The van der Waals surface area contributed by atoms with Crippen LogP contribution in [-0.2, 0) is 27.6 Å². The van der Waals surface area contributed by atoms with E-state index in [1.165, 1.54) is 11.3 Å². The van der Waals surface area contributed by atoms with E-state index in [2.05, 4.69) is 27.4 Å². The number of halogens is 2. The summed E-state index contributed by atoms with van der Waals surface area (Å²) in [5.74, 6) is -0.440. The maximum Gasteiger partial charge on any atom is 0.247 e. The molecule has 0 radical (unpaired) electrons. The highest BCUT2D eigenvalue weighted by Crippen LogP contribution is 2.32. The van der Waals surface area contributed by atoms with Crippen LogP contribution in [0.15, 0.2) is 0 Å². The van der Waals surface area contributed by atoms with Gasteiger partial charge in [-0.2, -0.15) is 0 Å². The molecule has 0 bridgehead atoms. The van der Waals surface area contributed by atoms with E-state index >= 15 is 0 Å². The number of thiazole rings is 1. The molecular weight excluding hydrogens is 419 g/mol. The van der Waals surface area contributed by atoms with E-state index in [-0.39, 0.29) is 24.8 Å². The number of hydrogen-bond acceptors (Lipinski definition) is 7. The van der Waals surface area contributed by atoms with Crippen molar-refractivity contribution in [3.63, 3.8) is 0 Å². The van der Waals surface area contributed by atoms with Gasteiger partial charge in [-0.1, -0.05) is 6.92 Å². The number of likely N-dealkylation sites (N-methyl/N-ethyl adjacent to an activating group) is 1. The zero-order valence-electron chi connectivity index (χ0n) is 14.9. The zero-order chi connectivity index (χ0) is 17.4. The number of piperidine rings is 1. The molecule has 0 aromatic carbocycles. The molecule has 1 saturated heterocycles. The number of nitrogens with zero attached hydrogens (tertiary/aromatic N) is 2. The minimum Gasteiger partial charge on any atom is -0.317 e. The zero-order valence-corrected chi connectivity index (χ0v) is 18.2. The van der Waals surface area contributed by atoms with Gasteiger partial charge in [0.2, 0.25) is 5.91 Å². The van der Waals surface area contributed by atoms with Gasteiger partial charge in [-0.3, -0.25) is 9.69 Å². The molecule has 26 heavy (non-hydrogen) atoms. The summed E-state index contributed by atoms with van der Waals surface area (Å²) < 4.78 is 23.3. The van der Waals surface area contributed by atoms with E-state index in [1.807, 2.05) is 0 Å². The van der Waals surface area contributed by atoms with Crippen molar-refractivity contribution < 1.29 is 13.2 Å². The molecule has 2 aliphatic heterocycles. The Morgan fingerprint density at radius 2 is 2.00 bits per heavy atom. The number of nitrogens with one attached hydrogen (secondary N) is 2. The maximum atomic E-state index is 12.8. The summed E-state index contributed by atoms with van der Waals surface area (Å²) >= 11 is 1.46. The standard InChI is InChI=1S/C15H24N4O3S2.2ClH/c1-3-19-9-4-11-12(10-19)23-14(17-11)18-13(20)15(24(2,21)22)5-7-16-8-6-15;;/h16H,3-10H2,1-2H3,(H,17,18,20);2*1H. The van der Waals surface area contributed by atoms with E-state index in [4.69, 9.17) is 0 Å². The van der Waals surface area contributed by atoms with E-state index < -0.39 is 20.5 Å². The van der Waals surface area contributed by atoms with Crippen LogP contribution in [0.4, 0.5) is 5.13 Å². The van der Waals surface area contributed by atoms with Crippen molar-refractivity contribution in [3.05, 3.63) is 10.6 Å². The second-order valence-electron chi connectivity index (χ2n) is 6.48. The molecule has 0 atom stereocenters. The third kappa shape index (κ3) is 4.51. The molecule has 2 aliphatic rings. The van der Waals surface area contributed by atoms with Gasteiger partial charge in [0, 0.05) is 30.6 Å². The molecule has 11 heteroatoms. The highest BCUT2D eigenvalue weighted by Gasteiger charge is 2.49. The Morgan fingerprint density at radius 3 is 2.58 bits per heavy atom. The number of fused-ring (bicyclic) bond motifs is 1. The highest BCUT2D eigenvalue weighted by atomic mass is 35.5. The molecule has 1 aromatic rings. The lowest BCUT2D eigenvalue weighted by atomic mass is 9.96. The number of carbonyl (C=O) groups is 1. The summed E-state index contributed by atoms with van der Waals surface area (Å²) in [5.41, 5.74) is 1.03. The van der Waals surface area contributed by atoms with Crippen molar-refractivity contribution >= 4 is 57.0 Å². The number of sulfone groups is 1. The molecule has 0 spiro atoms. The Bertz CT molecular complexity index is 733. The van der Waals surface area contributed by atoms with Gasteiger partial charge in [0.25, 0.3) is 0 Å². The minimum absolute atomic E-state index is 0. The topological polar surface area (TPSA) is 91.4 Å². The van der Waals surface area contributed by atoms with Gasteiger partial charge in [-0.15, -0.1) is 36.2 Å². The first-order chi connectivity index (χ1) is 11.4. The normalized spacial score (nSPS) is 19.6. The lowest BCUT2D eigenvalue weighted by Crippen LogP contribution is -2.55. The van der Waals surface area contributed by atoms with E-state index in [0.29, 0.717) is 31.1 Å². The molecule has 2 N–H and O–H groups in total. The molecule has 1 aromatic heterocycles. The quantitative estimate of drug-likeness (QED) is 0.730. The molecule has 7 nitrogen and oxygen atoms in total. The van der Waals surface area contributed by atoms with Crippen LogP contribution >= 0.6 is 36.2 Å². The molecule has 150 valence electrons. The molecule has 1 amide bonds. The number of rotatable bonds is 4. The van der Waals surface area contributed by atoms with Gasteiger partial charge >= 0.3 is 0 Å². The molecular formula is C15H26Cl2N4O3S2. The largest absolute Gasteiger partial charge is 0.317 e. The van der Waals surface area contributed by atoms with E-state index in [0.717, 1.165) is 42.9 Å². The number of hydrogen-bond donors (Lipinski definition) is 2. The maximum absolute atomic E-state index is 12.8. The summed E-state index contributed by atoms with van der Waals surface area (Å²) in [4.78, 5) is 20.8. The smallest absolute Gasteiger partial charge is 0.247 e. The minimum atomic E-state index is -3.51. The predicted octanol–water partition coefficient (Wildman–Crippen LogP) is 1.47. The lowest BCUT2D eigenvalue weighted by molar-refractivity contribution is -0.119. The molecule has 0 saturated carbocycles. The Labute approximate surface area is 171 Å². The van der Waals surface area contributed by atoms with Gasteiger partial charge in [0.15, 0.2) is 19.7 Å². The number of aromatic nitrogens is 1. The molecule has 0 unspecified atom stereocenters. The monoisotopic (exact) mass is 444 g/mol. The summed E-state index contributed by atoms with van der Waals surface area (Å²) in [5, 5.41) is 6.43. The Morgan fingerprint density at radius 1 is 1.35 bits per heavy atom. The van der Waals surface area contributed by atoms with Gasteiger partial charge in [-0.25, -0.2) is 13.4 Å². The van der Waals surface area contributed by atoms with Crippen molar-refractivity contribution in [1.29, 1.82) is 0 Å². The van der Waals surface area contributed by atoms with Gasteiger partial charge in [0.1, 0.15) is 0 Å². The van der Waals surface area contributed by atoms with Crippen LogP contribution in [0.1, 0.15) is 30.3 Å². The fourth-order valence-corrected chi connectivity index (χ4v) is 5.76. The summed E-state index contributed by atoms with van der Waals surface area (Å²) in [6.45, 7) is 5.99. The van der Waals surface area contributed by atoms with Crippen LogP contribution in [0.25, 0.3) is 0 Å². The fourth-order valence-electron chi connectivity index (χ4n) is 3.38. The summed E-state index contributed by atoms with van der Waals surface area (Å²) in [6.07, 6.45) is 2.62. The molecule has 0 aliphatic carbocycles. The van der Waals surface area contributed by atoms with Crippen molar-refractivity contribution in [3.8, 4) is 0 Å². The van der Waals surface area contributed by atoms with Crippen LogP contribution in [0.5, 0.6) is 0 Å². The Kier molecular flexibility index (Phi) is 8.31. The van der Waals surface area contributed by atoms with Gasteiger partial charge < -0.3 is 10.6 Å². The molecule has 3 heterocycles. The van der Waals surface area contributed by atoms with E-state index in [1.54, 1.807) is 0 Å². The lowest BCUT2D eigenvalue weighted by Gasteiger charge is -2.33. The second-order valence-corrected chi connectivity index (χ2v) is 9.89. The Hall–Kier alpha value is -0.450. The van der Waals surface area contributed by atoms with Crippen LogP contribution < -0.4 is 10.6 Å². The third-order valence-electron chi connectivity index (χ3n) is 5.01. The fraction of sp³-hybridized carbons (Fsp3) is 0.733. The van der Waals surface area contributed by atoms with E-state index in [9.17, 15) is 13.2 Å². The van der Waals surface area contributed by atoms with Gasteiger partial charge in [0.05, 0.1) is 5.69 Å². The number of carbonyl (C=O) groups excluding carboxylic acids is 1. The third-order valence-corrected chi connectivity index (χ3v) is 8.02. The average molecular weight is 445 g/mol. The first-order valence-electron chi connectivity index (χ1n) is 8.28. The SMILES string of the molecule is CCN1CCc2nc(NC(=O)C3(S(C)(=O)=O)CCNCC3)sc2C1.Cl.Cl. The average Bonchev–Trinajstić information content (AvgIpc) is 2.95. The van der Waals surface area contributed by atoms with Crippen LogP contribution in [-0.4, -0.2) is 61.4 Å². The second kappa shape index (κ2) is 9.16. The molecule has 1 fully saturated rings.